The Morgan fingerprint density at radius 2 is 2.08 bits per heavy atom. The van der Waals surface area contributed by atoms with Gasteiger partial charge in [-0.05, 0) is 26.3 Å². The number of halogens is 3. The van der Waals surface area contributed by atoms with Gasteiger partial charge in [0.1, 0.15) is 4.83 Å². The van der Waals surface area contributed by atoms with Gasteiger partial charge < -0.3 is 10.1 Å². The second-order valence-electron chi connectivity index (χ2n) is 5.37. The molecular formula is C15H18F3N3O3S2. The lowest BCUT2D eigenvalue weighted by Crippen LogP contribution is -2.30. The molecule has 1 amide bonds. The van der Waals surface area contributed by atoms with Crippen LogP contribution in [0.4, 0.5) is 18.0 Å². The van der Waals surface area contributed by atoms with Gasteiger partial charge >= 0.3 is 12.3 Å². The largest absolute Gasteiger partial charge is 0.440 e. The Kier molecular flexibility index (Phi) is 6.56. The summed E-state index contributed by atoms with van der Waals surface area (Å²) < 4.78 is 41.5. The van der Waals surface area contributed by atoms with Crippen LogP contribution in [0.25, 0.3) is 10.2 Å². The molecule has 6 nitrogen and oxygen atoms in total. The Morgan fingerprint density at radius 1 is 1.38 bits per heavy atom. The number of hydrogen-bond donors (Lipinski definition) is 1. The lowest BCUT2D eigenvalue weighted by Gasteiger charge is -2.11. The van der Waals surface area contributed by atoms with Crippen molar-refractivity contribution >= 4 is 39.4 Å². The third kappa shape index (κ3) is 4.91. The van der Waals surface area contributed by atoms with Crippen molar-refractivity contribution in [1.29, 1.82) is 0 Å². The number of hydrogen-bond acceptors (Lipinski definition) is 6. The molecule has 0 atom stereocenters. The van der Waals surface area contributed by atoms with E-state index in [2.05, 4.69) is 15.0 Å². The number of carbonyl (C=O) groups is 1. The average Bonchev–Trinajstić information content (AvgIpc) is 2.84. The predicted molar refractivity (Wildman–Crippen MR) is 95.2 cm³/mol. The van der Waals surface area contributed by atoms with Crippen molar-refractivity contribution in [3.05, 3.63) is 20.8 Å². The Labute approximate surface area is 155 Å². The molecule has 144 valence electrons. The zero-order chi connectivity index (χ0) is 19.5. The van der Waals surface area contributed by atoms with E-state index in [0.29, 0.717) is 27.7 Å². The van der Waals surface area contributed by atoms with Gasteiger partial charge in [0.15, 0.2) is 11.8 Å². The van der Waals surface area contributed by atoms with Gasteiger partial charge in [-0.15, -0.1) is 11.3 Å². The molecule has 0 spiro atoms. The highest BCUT2D eigenvalue weighted by Crippen LogP contribution is 2.28. The minimum atomic E-state index is -4.56. The molecule has 2 heterocycles. The first-order chi connectivity index (χ1) is 12.1. The SMILES string of the molecule is CCn1c(SCCNC(=O)OCC(F)(F)F)nc2sc(C)c(C)c2c1=O. The van der Waals surface area contributed by atoms with Crippen LogP contribution in [0, 0.1) is 13.8 Å². The number of rotatable bonds is 6. The molecule has 26 heavy (non-hydrogen) atoms. The fourth-order valence-electron chi connectivity index (χ4n) is 2.19. The van der Waals surface area contributed by atoms with Gasteiger partial charge in [-0.1, -0.05) is 11.8 Å². The summed E-state index contributed by atoms with van der Waals surface area (Å²) in [6.45, 7) is 4.55. The molecule has 11 heteroatoms. The Balaban J connectivity index is 2.01. The standard InChI is InChI=1S/C15H18F3N3O3S2/c1-4-21-12(22)10-8(2)9(3)26-11(10)20-13(21)25-6-5-19-14(23)24-7-15(16,17)18/h4-7H2,1-3H3,(H,19,23). The van der Waals surface area contributed by atoms with E-state index in [1.165, 1.54) is 23.1 Å². The molecule has 1 N–H and O–H groups in total. The van der Waals surface area contributed by atoms with Crippen molar-refractivity contribution < 1.29 is 22.7 Å². The van der Waals surface area contributed by atoms with Gasteiger partial charge in [-0.25, -0.2) is 9.78 Å². The van der Waals surface area contributed by atoms with E-state index in [9.17, 15) is 22.8 Å². The summed E-state index contributed by atoms with van der Waals surface area (Å²) in [7, 11) is 0. The second-order valence-corrected chi connectivity index (χ2v) is 7.64. The summed E-state index contributed by atoms with van der Waals surface area (Å²) in [4.78, 5) is 30.1. The monoisotopic (exact) mass is 409 g/mol. The van der Waals surface area contributed by atoms with Crippen molar-refractivity contribution in [3.63, 3.8) is 0 Å². The van der Waals surface area contributed by atoms with Crippen LogP contribution in [0.2, 0.25) is 0 Å². The Hall–Kier alpha value is -1.75. The molecule has 2 aromatic rings. The molecule has 0 aliphatic rings. The highest BCUT2D eigenvalue weighted by atomic mass is 32.2. The maximum absolute atomic E-state index is 12.7. The molecular weight excluding hydrogens is 391 g/mol. The number of aryl methyl sites for hydroxylation is 2. The number of nitrogens with one attached hydrogen (secondary N) is 1. The molecule has 2 rings (SSSR count). The maximum Gasteiger partial charge on any atom is 0.422 e. The third-order valence-corrected chi connectivity index (χ3v) is 5.62. The van der Waals surface area contributed by atoms with Crippen molar-refractivity contribution in [3.8, 4) is 0 Å². The lowest BCUT2D eigenvalue weighted by molar-refractivity contribution is -0.160. The molecule has 0 aliphatic carbocycles. The van der Waals surface area contributed by atoms with Crippen molar-refractivity contribution in [2.75, 3.05) is 18.9 Å². The minimum absolute atomic E-state index is 0.0848. The minimum Gasteiger partial charge on any atom is -0.440 e. The number of carbonyl (C=O) groups excluding carboxylic acids is 1. The summed E-state index contributed by atoms with van der Waals surface area (Å²) in [6, 6.07) is 0. The van der Waals surface area contributed by atoms with Crippen molar-refractivity contribution in [1.82, 2.24) is 14.9 Å². The molecule has 0 unspecified atom stereocenters. The number of thioether (sulfide) groups is 1. The number of aromatic nitrogens is 2. The fourth-order valence-corrected chi connectivity index (χ4v) is 4.18. The van der Waals surface area contributed by atoms with Crippen molar-refractivity contribution in [2.24, 2.45) is 0 Å². The molecule has 0 aromatic carbocycles. The summed E-state index contributed by atoms with van der Waals surface area (Å²) in [5.74, 6) is 0.336. The van der Waals surface area contributed by atoms with E-state index in [1.807, 2.05) is 20.8 Å². The van der Waals surface area contributed by atoms with Gasteiger partial charge in [0.2, 0.25) is 0 Å². The summed E-state index contributed by atoms with van der Waals surface area (Å²) in [5.41, 5.74) is 0.815. The molecule has 0 saturated heterocycles. The number of alkyl halides is 3. The number of nitrogens with zero attached hydrogens (tertiary/aromatic N) is 2. The first kappa shape index (κ1) is 20.6. The first-order valence-electron chi connectivity index (χ1n) is 7.74. The van der Waals surface area contributed by atoms with Gasteiger partial charge in [0, 0.05) is 23.7 Å². The van der Waals surface area contributed by atoms with Gasteiger partial charge in [0.05, 0.1) is 5.39 Å². The molecule has 0 bridgehead atoms. The summed E-state index contributed by atoms with van der Waals surface area (Å²) in [5, 5.41) is 3.36. The number of amides is 1. The third-order valence-electron chi connectivity index (χ3n) is 3.54. The van der Waals surface area contributed by atoms with Gasteiger partial charge in [-0.2, -0.15) is 13.2 Å². The first-order valence-corrected chi connectivity index (χ1v) is 9.55. The quantitative estimate of drug-likeness (QED) is 0.449. The fraction of sp³-hybridized carbons (Fsp3) is 0.533. The topological polar surface area (TPSA) is 73.2 Å². The highest BCUT2D eigenvalue weighted by Gasteiger charge is 2.29. The van der Waals surface area contributed by atoms with E-state index < -0.39 is 18.9 Å². The van der Waals surface area contributed by atoms with Crippen LogP contribution in [-0.2, 0) is 11.3 Å². The van der Waals surface area contributed by atoms with Crippen LogP contribution in [0.3, 0.4) is 0 Å². The summed E-state index contributed by atoms with van der Waals surface area (Å²) >= 11 is 2.69. The van der Waals surface area contributed by atoms with Crippen LogP contribution < -0.4 is 10.9 Å². The zero-order valence-electron chi connectivity index (χ0n) is 14.4. The lowest BCUT2D eigenvalue weighted by atomic mass is 10.2. The van der Waals surface area contributed by atoms with Crippen LogP contribution >= 0.6 is 23.1 Å². The maximum atomic E-state index is 12.7. The number of thiophene rings is 1. The van der Waals surface area contributed by atoms with Crippen LogP contribution in [0.15, 0.2) is 9.95 Å². The van der Waals surface area contributed by atoms with Gasteiger partial charge in [-0.3, -0.25) is 9.36 Å². The molecule has 0 saturated carbocycles. The van der Waals surface area contributed by atoms with E-state index >= 15 is 0 Å². The van der Waals surface area contributed by atoms with Crippen LogP contribution in [0.5, 0.6) is 0 Å². The molecule has 2 aromatic heterocycles. The van der Waals surface area contributed by atoms with E-state index in [4.69, 9.17) is 0 Å². The average molecular weight is 409 g/mol. The molecule has 0 radical (unpaired) electrons. The Bertz CT molecular complexity index is 862. The normalized spacial score (nSPS) is 11.8. The Morgan fingerprint density at radius 3 is 2.69 bits per heavy atom. The van der Waals surface area contributed by atoms with Crippen LogP contribution in [-0.4, -0.2) is 40.7 Å². The second kappa shape index (κ2) is 8.30. The smallest absolute Gasteiger partial charge is 0.422 e. The van der Waals surface area contributed by atoms with Gasteiger partial charge in [0.25, 0.3) is 5.56 Å². The van der Waals surface area contributed by atoms with Crippen molar-refractivity contribution in [2.45, 2.75) is 38.6 Å². The van der Waals surface area contributed by atoms with Crippen LogP contribution in [0.1, 0.15) is 17.4 Å². The molecule has 0 fully saturated rings. The van der Waals surface area contributed by atoms with E-state index in [1.54, 1.807) is 4.57 Å². The number of ether oxygens (including phenoxy) is 1. The molecule has 0 aliphatic heterocycles. The highest BCUT2D eigenvalue weighted by molar-refractivity contribution is 7.99. The van der Waals surface area contributed by atoms with E-state index in [0.717, 1.165) is 10.4 Å². The number of alkyl carbamates (subject to hydrolysis) is 1. The van der Waals surface area contributed by atoms with E-state index in [-0.39, 0.29) is 12.1 Å². The number of fused-ring (bicyclic) bond motifs is 1. The zero-order valence-corrected chi connectivity index (χ0v) is 16.0. The summed E-state index contributed by atoms with van der Waals surface area (Å²) in [6.07, 6.45) is -5.69. The predicted octanol–water partition coefficient (Wildman–Crippen LogP) is 3.48.